The quantitative estimate of drug-likeness (QED) is 0.760. The summed E-state index contributed by atoms with van der Waals surface area (Å²) in [7, 11) is 0. The van der Waals surface area contributed by atoms with Crippen molar-refractivity contribution in [3.63, 3.8) is 0 Å². The van der Waals surface area contributed by atoms with Crippen LogP contribution >= 0.6 is 0 Å². The normalized spacial score (nSPS) is 10.2. The lowest BCUT2D eigenvalue weighted by molar-refractivity contribution is 0.649. The first-order valence-corrected chi connectivity index (χ1v) is 7.51. The van der Waals surface area contributed by atoms with E-state index in [1.165, 1.54) is 5.56 Å². The summed E-state index contributed by atoms with van der Waals surface area (Å²) in [5.74, 6) is 0. The highest BCUT2D eigenvalue weighted by molar-refractivity contribution is 5.57. The van der Waals surface area contributed by atoms with Crippen LogP contribution in [0.5, 0.6) is 0 Å². The van der Waals surface area contributed by atoms with Crippen LogP contribution in [0.25, 0.3) is 0 Å². The summed E-state index contributed by atoms with van der Waals surface area (Å²) in [5, 5.41) is 20.7. The third-order valence-corrected chi connectivity index (χ3v) is 3.52. The smallest absolute Gasteiger partial charge is 0.101 e. The maximum atomic E-state index is 9.06. The van der Waals surface area contributed by atoms with Crippen LogP contribution in [0.4, 0.5) is 5.69 Å². The Morgan fingerprint density at radius 1 is 1.04 bits per heavy atom. The van der Waals surface area contributed by atoms with Gasteiger partial charge < -0.3 is 5.32 Å². The van der Waals surface area contributed by atoms with Crippen molar-refractivity contribution in [3.8, 4) is 6.07 Å². The first-order valence-electron chi connectivity index (χ1n) is 7.51. The molecular formula is C18H17N5. The third-order valence-electron chi connectivity index (χ3n) is 3.52. The molecule has 0 amide bonds. The van der Waals surface area contributed by atoms with Crippen LogP contribution in [-0.2, 0) is 13.0 Å². The van der Waals surface area contributed by atoms with E-state index in [4.69, 9.17) is 5.26 Å². The molecule has 1 heterocycles. The molecule has 0 spiro atoms. The molecule has 3 rings (SSSR count). The Kier molecular flexibility index (Phi) is 4.65. The summed E-state index contributed by atoms with van der Waals surface area (Å²) in [6.45, 7) is 1.43. The number of aromatic nitrogens is 3. The van der Waals surface area contributed by atoms with Crippen LogP contribution in [0.15, 0.2) is 60.8 Å². The Hall–Kier alpha value is -3.13. The predicted molar refractivity (Wildman–Crippen MR) is 88.9 cm³/mol. The molecule has 0 saturated carbocycles. The Labute approximate surface area is 135 Å². The maximum Gasteiger partial charge on any atom is 0.101 e. The Bertz CT molecular complexity index is 802. The van der Waals surface area contributed by atoms with E-state index in [1.807, 2.05) is 47.3 Å². The van der Waals surface area contributed by atoms with Crippen molar-refractivity contribution < 1.29 is 0 Å². The standard InChI is InChI=1S/C18H17N5/c19-12-16-8-4-5-9-18(16)20-11-10-17-14-23(22-21-17)13-15-6-2-1-3-7-15/h1-9,14,20H,10-11,13H2. The fraction of sp³-hybridized carbons (Fsp3) is 0.167. The minimum absolute atomic E-state index is 0.653. The highest BCUT2D eigenvalue weighted by Crippen LogP contribution is 2.13. The molecule has 0 radical (unpaired) electrons. The number of nitriles is 1. The van der Waals surface area contributed by atoms with Crippen molar-refractivity contribution in [3.05, 3.63) is 77.6 Å². The van der Waals surface area contributed by atoms with Crippen molar-refractivity contribution >= 4 is 5.69 Å². The first kappa shape index (κ1) is 14.8. The summed E-state index contributed by atoms with van der Waals surface area (Å²) in [6.07, 6.45) is 2.72. The number of hydrogen-bond acceptors (Lipinski definition) is 4. The molecule has 5 nitrogen and oxygen atoms in total. The van der Waals surface area contributed by atoms with Gasteiger partial charge >= 0.3 is 0 Å². The van der Waals surface area contributed by atoms with E-state index in [9.17, 15) is 0 Å². The SMILES string of the molecule is N#Cc1ccccc1NCCc1cn(Cc2ccccc2)nn1. The van der Waals surface area contributed by atoms with Crippen molar-refractivity contribution in [2.75, 3.05) is 11.9 Å². The minimum Gasteiger partial charge on any atom is -0.384 e. The monoisotopic (exact) mass is 303 g/mol. The van der Waals surface area contributed by atoms with Gasteiger partial charge in [0.25, 0.3) is 0 Å². The zero-order chi connectivity index (χ0) is 15.9. The van der Waals surface area contributed by atoms with Crippen LogP contribution in [0.2, 0.25) is 0 Å². The number of benzene rings is 2. The molecule has 0 atom stereocenters. The Morgan fingerprint density at radius 3 is 2.65 bits per heavy atom. The molecule has 1 aromatic heterocycles. The second-order valence-electron chi connectivity index (χ2n) is 5.23. The number of rotatable bonds is 6. The highest BCUT2D eigenvalue weighted by atomic mass is 15.4. The predicted octanol–water partition coefficient (Wildman–Crippen LogP) is 2.85. The van der Waals surface area contributed by atoms with Gasteiger partial charge in [0.1, 0.15) is 6.07 Å². The molecule has 1 N–H and O–H groups in total. The van der Waals surface area contributed by atoms with Crippen LogP contribution in [-0.4, -0.2) is 21.5 Å². The minimum atomic E-state index is 0.653. The molecule has 5 heteroatoms. The number of nitrogens with zero attached hydrogens (tertiary/aromatic N) is 4. The molecule has 0 aliphatic carbocycles. The number of hydrogen-bond donors (Lipinski definition) is 1. The molecule has 0 fully saturated rings. The van der Waals surface area contributed by atoms with E-state index >= 15 is 0 Å². The fourth-order valence-corrected chi connectivity index (χ4v) is 2.36. The summed E-state index contributed by atoms with van der Waals surface area (Å²) in [5.41, 5.74) is 3.64. The lowest BCUT2D eigenvalue weighted by Gasteiger charge is -2.06. The molecule has 114 valence electrons. The van der Waals surface area contributed by atoms with E-state index in [1.54, 1.807) is 6.07 Å². The van der Waals surface area contributed by atoms with Crippen molar-refractivity contribution in [2.24, 2.45) is 0 Å². The van der Waals surface area contributed by atoms with Crippen molar-refractivity contribution in [1.29, 1.82) is 5.26 Å². The van der Waals surface area contributed by atoms with Crippen LogP contribution in [0.3, 0.4) is 0 Å². The van der Waals surface area contributed by atoms with Gasteiger partial charge in [0.15, 0.2) is 0 Å². The van der Waals surface area contributed by atoms with E-state index in [-0.39, 0.29) is 0 Å². The molecule has 23 heavy (non-hydrogen) atoms. The van der Waals surface area contributed by atoms with Gasteiger partial charge in [-0.3, -0.25) is 0 Å². The van der Waals surface area contributed by atoms with E-state index in [0.29, 0.717) is 12.1 Å². The summed E-state index contributed by atoms with van der Waals surface area (Å²) in [6, 6.07) is 19.8. The molecule has 0 aliphatic heterocycles. The van der Waals surface area contributed by atoms with Gasteiger partial charge in [-0.1, -0.05) is 47.7 Å². The number of para-hydroxylation sites is 1. The highest BCUT2D eigenvalue weighted by Gasteiger charge is 2.03. The lowest BCUT2D eigenvalue weighted by atomic mass is 10.2. The number of anilines is 1. The fourth-order valence-electron chi connectivity index (χ4n) is 2.36. The molecular weight excluding hydrogens is 286 g/mol. The average Bonchev–Trinajstić information content (AvgIpc) is 3.03. The van der Waals surface area contributed by atoms with Crippen molar-refractivity contribution in [2.45, 2.75) is 13.0 Å². The third kappa shape index (κ3) is 3.95. The molecule has 2 aromatic carbocycles. The summed E-state index contributed by atoms with van der Waals surface area (Å²) in [4.78, 5) is 0. The largest absolute Gasteiger partial charge is 0.384 e. The molecule has 0 unspecified atom stereocenters. The van der Waals surface area contributed by atoms with Gasteiger partial charge in [0.05, 0.1) is 23.5 Å². The molecule has 0 aliphatic rings. The lowest BCUT2D eigenvalue weighted by Crippen LogP contribution is -2.06. The summed E-state index contributed by atoms with van der Waals surface area (Å²) >= 11 is 0. The van der Waals surface area contributed by atoms with Gasteiger partial charge in [-0.2, -0.15) is 5.26 Å². The van der Waals surface area contributed by atoms with Gasteiger partial charge in [-0.25, -0.2) is 4.68 Å². The van der Waals surface area contributed by atoms with Gasteiger partial charge in [0, 0.05) is 19.2 Å². The second-order valence-corrected chi connectivity index (χ2v) is 5.23. The van der Waals surface area contributed by atoms with Crippen LogP contribution < -0.4 is 5.32 Å². The molecule has 3 aromatic rings. The molecule has 0 saturated heterocycles. The van der Waals surface area contributed by atoms with Crippen LogP contribution in [0.1, 0.15) is 16.8 Å². The topological polar surface area (TPSA) is 66.5 Å². The average molecular weight is 303 g/mol. The zero-order valence-electron chi connectivity index (χ0n) is 12.7. The van der Waals surface area contributed by atoms with Gasteiger partial charge in [0.2, 0.25) is 0 Å². The van der Waals surface area contributed by atoms with Gasteiger partial charge in [-0.05, 0) is 17.7 Å². The zero-order valence-corrected chi connectivity index (χ0v) is 12.7. The number of nitrogens with one attached hydrogen (secondary N) is 1. The molecule has 0 bridgehead atoms. The van der Waals surface area contributed by atoms with E-state index in [0.717, 1.165) is 24.3 Å². The van der Waals surface area contributed by atoms with Crippen molar-refractivity contribution in [1.82, 2.24) is 15.0 Å². The summed E-state index contributed by atoms with van der Waals surface area (Å²) < 4.78 is 1.84. The van der Waals surface area contributed by atoms with E-state index in [2.05, 4.69) is 33.8 Å². The first-order chi connectivity index (χ1) is 11.3. The van der Waals surface area contributed by atoms with E-state index < -0.39 is 0 Å². The second kappa shape index (κ2) is 7.23. The Morgan fingerprint density at radius 2 is 1.83 bits per heavy atom. The maximum absolute atomic E-state index is 9.06. The Balaban J connectivity index is 1.54. The van der Waals surface area contributed by atoms with Crippen LogP contribution in [0, 0.1) is 11.3 Å². The van der Waals surface area contributed by atoms with Gasteiger partial charge in [-0.15, -0.1) is 5.10 Å².